The molecule has 0 saturated carbocycles. The Balaban J connectivity index is 1.91. The van der Waals surface area contributed by atoms with E-state index in [2.05, 4.69) is 10.3 Å². The van der Waals surface area contributed by atoms with Crippen molar-refractivity contribution in [3.8, 4) is 0 Å². The van der Waals surface area contributed by atoms with E-state index in [9.17, 15) is 4.79 Å². The van der Waals surface area contributed by atoms with Crippen LogP contribution in [0.5, 0.6) is 0 Å². The smallest absolute Gasteiger partial charge is 0.248 e. The van der Waals surface area contributed by atoms with E-state index >= 15 is 0 Å². The van der Waals surface area contributed by atoms with E-state index in [1.165, 1.54) is 6.40 Å². The molecule has 3 rings (SSSR count). The Morgan fingerprint density at radius 1 is 1.37 bits per heavy atom. The van der Waals surface area contributed by atoms with Gasteiger partial charge in [0.25, 0.3) is 0 Å². The average molecular weight is 259 g/mol. The lowest BCUT2D eigenvalue weighted by Crippen LogP contribution is -2.51. The lowest BCUT2D eigenvalue weighted by atomic mass is 10.0. The van der Waals surface area contributed by atoms with Crippen LogP contribution in [0.15, 0.2) is 35.3 Å². The number of para-hydroxylation sites is 1. The molecule has 3 unspecified atom stereocenters. The largest absolute Gasteiger partial charge is 0.476 e. The number of hydrogen-bond acceptors (Lipinski definition) is 4. The first kappa shape index (κ1) is 12.2. The molecule has 2 aliphatic rings. The summed E-state index contributed by atoms with van der Waals surface area (Å²) in [4.78, 5) is 18.8. The molecule has 1 fully saturated rings. The molecule has 1 saturated heterocycles. The number of nitrogens with one attached hydrogen (secondary N) is 1. The highest BCUT2D eigenvalue weighted by molar-refractivity contribution is 5.98. The molecule has 1 aromatic carbocycles. The van der Waals surface area contributed by atoms with Crippen molar-refractivity contribution in [3.05, 3.63) is 30.3 Å². The molecule has 2 aliphatic heterocycles. The molecule has 19 heavy (non-hydrogen) atoms. The van der Waals surface area contributed by atoms with Crippen LogP contribution in [-0.2, 0) is 9.53 Å². The van der Waals surface area contributed by atoms with Crippen LogP contribution < -0.4 is 10.2 Å². The maximum Gasteiger partial charge on any atom is 0.248 e. The van der Waals surface area contributed by atoms with Crippen LogP contribution in [0.1, 0.15) is 6.42 Å². The lowest BCUT2D eigenvalue weighted by molar-refractivity contribution is -0.122. The van der Waals surface area contributed by atoms with E-state index in [1.807, 2.05) is 35.2 Å². The van der Waals surface area contributed by atoms with Gasteiger partial charge in [-0.3, -0.25) is 9.79 Å². The number of ether oxygens (including phenoxy) is 1. The molecular weight excluding hydrogens is 242 g/mol. The molecule has 100 valence electrons. The number of aliphatic imine (C=N–C) groups is 1. The van der Waals surface area contributed by atoms with Gasteiger partial charge in [0.05, 0.1) is 6.04 Å². The molecule has 1 aromatic rings. The summed E-state index contributed by atoms with van der Waals surface area (Å²) in [5.41, 5.74) is 0.928. The number of nitrogens with zero attached hydrogens (tertiary/aromatic N) is 2. The Morgan fingerprint density at radius 3 is 2.89 bits per heavy atom. The maximum absolute atomic E-state index is 12.6. The van der Waals surface area contributed by atoms with Crippen molar-refractivity contribution < 1.29 is 9.53 Å². The number of carbonyl (C=O) groups is 1. The molecule has 5 nitrogen and oxygen atoms in total. The second-order valence-electron chi connectivity index (χ2n) is 4.80. The van der Waals surface area contributed by atoms with Gasteiger partial charge < -0.3 is 15.0 Å². The predicted molar refractivity (Wildman–Crippen MR) is 73.4 cm³/mol. The molecule has 0 radical (unpaired) electrons. The van der Waals surface area contributed by atoms with Crippen LogP contribution in [0.2, 0.25) is 0 Å². The minimum absolute atomic E-state index is 0.0479. The zero-order chi connectivity index (χ0) is 13.2. The first-order valence-electron chi connectivity index (χ1n) is 6.52. The minimum atomic E-state index is -0.352. The number of likely N-dealkylation sites (N-methyl/N-ethyl adjacent to an activating group) is 1. The Bertz CT molecular complexity index is 489. The standard InChI is InChI=1S/C14H17N3O2/c1-15-12-13-11(16-9-19-13)7-8-17(14(12)18)10-5-3-2-4-6-10/h2-6,9,11-13,15H,7-8H2,1H3. The fraction of sp³-hybridized carbons (Fsp3) is 0.429. The van der Waals surface area contributed by atoms with Gasteiger partial charge in [0.1, 0.15) is 12.1 Å². The van der Waals surface area contributed by atoms with Gasteiger partial charge in [-0.15, -0.1) is 0 Å². The summed E-state index contributed by atoms with van der Waals surface area (Å²) in [5, 5.41) is 3.07. The molecule has 0 aliphatic carbocycles. The SMILES string of the molecule is CNC1C(=O)N(c2ccccc2)CCC2N=COC21. The Hall–Kier alpha value is -1.88. The maximum atomic E-state index is 12.6. The average Bonchev–Trinajstić information content (AvgIpc) is 2.85. The quantitative estimate of drug-likeness (QED) is 0.855. The van der Waals surface area contributed by atoms with Gasteiger partial charge in [0.15, 0.2) is 6.40 Å². The van der Waals surface area contributed by atoms with Crippen LogP contribution in [-0.4, -0.2) is 44.1 Å². The summed E-state index contributed by atoms with van der Waals surface area (Å²) in [7, 11) is 1.79. The van der Waals surface area contributed by atoms with E-state index in [1.54, 1.807) is 7.05 Å². The van der Waals surface area contributed by atoms with E-state index < -0.39 is 0 Å². The van der Waals surface area contributed by atoms with Gasteiger partial charge in [-0.25, -0.2) is 0 Å². The molecule has 2 heterocycles. The number of amides is 1. The van der Waals surface area contributed by atoms with Crippen LogP contribution in [0.4, 0.5) is 5.69 Å². The summed E-state index contributed by atoms with van der Waals surface area (Å²) >= 11 is 0. The fourth-order valence-electron chi connectivity index (χ4n) is 2.73. The first-order chi connectivity index (χ1) is 9.31. The number of fused-ring (bicyclic) bond motifs is 1. The monoisotopic (exact) mass is 259 g/mol. The third kappa shape index (κ3) is 2.10. The van der Waals surface area contributed by atoms with Crippen molar-refractivity contribution >= 4 is 18.0 Å². The van der Waals surface area contributed by atoms with E-state index in [0.29, 0.717) is 6.54 Å². The van der Waals surface area contributed by atoms with Crippen molar-refractivity contribution in [2.75, 3.05) is 18.5 Å². The van der Waals surface area contributed by atoms with Crippen LogP contribution in [0.25, 0.3) is 0 Å². The second kappa shape index (κ2) is 5.01. The van der Waals surface area contributed by atoms with Gasteiger partial charge >= 0.3 is 0 Å². The second-order valence-corrected chi connectivity index (χ2v) is 4.80. The number of anilines is 1. The van der Waals surface area contributed by atoms with E-state index in [-0.39, 0.29) is 24.1 Å². The number of rotatable bonds is 2. The molecule has 1 N–H and O–H groups in total. The molecule has 0 bridgehead atoms. The molecule has 1 amide bonds. The molecular formula is C14H17N3O2. The number of carbonyl (C=O) groups excluding carboxylic acids is 1. The Labute approximate surface area is 112 Å². The molecule has 5 heteroatoms. The third-order valence-corrected chi connectivity index (χ3v) is 3.74. The Kier molecular flexibility index (Phi) is 3.21. The van der Waals surface area contributed by atoms with Crippen molar-refractivity contribution in [3.63, 3.8) is 0 Å². The van der Waals surface area contributed by atoms with E-state index in [4.69, 9.17) is 4.74 Å². The topological polar surface area (TPSA) is 53.9 Å². The van der Waals surface area contributed by atoms with E-state index in [0.717, 1.165) is 12.1 Å². The van der Waals surface area contributed by atoms with Crippen molar-refractivity contribution in [2.45, 2.75) is 24.6 Å². The fourth-order valence-corrected chi connectivity index (χ4v) is 2.73. The summed E-state index contributed by atoms with van der Waals surface area (Å²) < 4.78 is 5.49. The number of hydrogen-bond donors (Lipinski definition) is 1. The summed E-state index contributed by atoms with van der Waals surface area (Å²) in [6.45, 7) is 0.670. The summed E-state index contributed by atoms with van der Waals surface area (Å²) in [6, 6.07) is 9.45. The summed E-state index contributed by atoms with van der Waals surface area (Å²) in [6.07, 6.45) is 2.11. The van der Waals surface area contributed by atoms with Crippen molar-refractivity contribution in [2.24, 2.45) is 4.99 Å². The zero-order valence-corrected chi connectivity index (χ0v) is 10.8. The highest BCUT2D eigenvalue weighted by atomic mass is 16.5. The van der Waals surface area contributed by atoms with Gasteiger partial charge in [0, 0.05) is 12.2 Å². The van der Waals surface area contributed by atoms with Gasteiger partial charge in [-0.1, -0.05) is 18.2 Å². The first-order valence-corrected chi connectivity index (χ1v) is 6.52. The lowest BCUT2D eigenvalue weighted by Gasteiger charge is -2.26. The van der Waals surface area contributed by atoms with Crippen LogP contribution in [0, 0.1) is 0 Å². The highest BCUT2D eigenvalue weighted by Gasteiger charge is 2.42. The minimum Gasteiger partial charge on any atom is -0.476 e. The molecule has 0 aromatic heterocycles. The molecule has 0 spiro atoms. The highest BCUT2D eigenvalue weighted by Crippen LogP contribution is 2.25. The number of benzene rings is 1. The van der Waals surface area contributed by atoms with Gasteiger partial charge in [-0.2, -0.15) is 0 Å². The van der Waals surface area contributed by atoms with Gasteiger partial charge in [0.2, 0.25) is 5.91 Å². The zero-order valence-electron chi connectivity index (χ0n) is 10.8. The third-order valence-electron chi connectivity index (χ3n) is 3.74. The molecule has 3 atom stereocenters. The van der Waals surface area contributed by atoms with Crippen LogP contribution in [0.3, 0.4) is 0 Å². The Morgan fingerprint density at radius 2 is 2.16 bits per heavy atom. The van der Waals surface area contributed by atoms with Gasteiger partial charge in [-0.05, 0) is 25.6 Å². The van der Waals surface area contributed by atoms with Crippen molar-refractivity contribution in [1.82, 2.24) is 5.32 Å². The normalized spacial score (nSPS) is 29.8. The summed E-state index contributed by atoms with van der Waals surface area (Å²) in [5.74, 6) is 0.0479. The predicted octanol–water partition coefficient (Wildman–Crippen LogP) is 0.807. The van der Waals surface area contributed by atoms with Crippen LogP contribution >= 0.6 is 0 Å². The van der Waals surface area contributed by atoms with Crippen molar-refractivity contribution in [1.29, 1.82) is 0 Å².